The van der Waals surface area contributed by atoms with Crippen LogP contribution in [0.5, 0.6) is 0 Å². The molecule has 0 saturated heterocycles. The van der Waals surface area contributed by atoms with Gasteiger partial charge in [0, 0.05) is 10.5 Å². The van der Waals surface area contributed by atoms with Crippen LogP contribution in [0, 0.1) is 5.92 Å². The van der Waals surface area contributed by atoms with Crippen molar-refractivity contribution < 1.29 is 9.90 Å². The highest BCUT2D eigenvalue weighted by Gasteiger charge is 2.34. The summed E-state index contributed by atoms with van der Waals surface area (Å²) in [5.41, 5.74) is 0.572. The summed E-state index contributed by atoms with van der Waals surface area (Å²) < 4.78 is -3.88. The van der Waals surface area contributed by atoms with Gasteiger partial charge in [0.2, 0.25) is 7.59 Å². The minimum absolute atomic E-state index is 0.163. The zero-order valence-electron chi connectivity index (χ0n) is 15.9. The van der Waals surface area contributed by atoms with Gasteiger partial charge in [-0.15, -0.1) is 11.8 Å². The Morgan fingerprint density at radius 2 is 1.42 bits per heavy atom. The van der Waals surface area contributed by atoms with Crippen molar-refractivity contribution in [3.63, 3.8) is 0 Å². The largest absolute Gasteiger partial charge is 0.480 e. The maximum absolute atomic E-state index is 11.8. The monoisotopic (exact) mass is 561 g/mol. The van der Waals surface area contributed by atoms with Crippen LogP contribution in [0.4, 0.5) is 0 Å². The molecule has 1 N–H and O–H groups in total. The molecule has 1 unspecified atom stereocenters. The van der Waals surface area contributed by atoms with E-state index in [2.05, 4.69) is 15.0 Å². The molecule has 3 rings (SSSR count). The van der Waals surface area contributed by atoms with Crippen molar-refractivity contribution in [2.45, 2.75) is 49.8 Å². The van der Waals surface area contributed by atoms with E-state index in [4.69, 9.17) is 69.6 Å². The van der Waals surface area contributed by atoms with Crippen molar-refractivity contribution >= 4 is 87.3 Å². The zero-order valence-corrected chi connectivity index (χ0v) is 21.2. The van der Waals surface area contributed by atoms with Crippen molar-refractivity contribution in [2.75, 3.05) is 0 Å². The van der Waals surface area contributed by atoms with Gasteiger partial charge in [-0.1, -0.05) is 101 Å². The molecular weight excluding hydrogens is 547 g/mol. The summed E-state index contributed by atoms with van der Waals surface area (Å²) in [5, 5.41) is 9.22. The molecule has 1 aliphatic rings. The van der Waals surface area contributed by atoms with Crippen LogP contribution >= 0.6 is 81.4 Å². The van der Waals surface area contributed by atoms with E-state index in [0.29, 0.717) is 5.56 Å². The highest BCUT2D eigenvalue weighted by Crippen LogP contribution is 2.41. The number of halogens is 6. The molecule has 1 aromatic carbocycles. The Hall–Kier alpha value is -0.210. The molecule has 0 aliphatic heterocycles. The van der Waals surface area contributed by atoms with E-state index < -0.39 is 18.8 Å². The van der Waals surface area contributed by atoms with Crippen LogP contribution in [-0.4, -0.2) is 31.3 Å². The van der Waals surface area contributed by atoms with E-state index in [1.54, 1.807) is 24.3 Å². The van der Waals surface area contributed by atoms with Crippen molar-refractivity contribution in [3.8, 4) is 11.4 Å². The molecule has 2 aromatic rings. The van der Waals surface area contributed by atoms with Gasteiger partial charge in [0.15, 0.2) is 17.5 Å². The lowest BCUT2D eigenvalue weighted by Gasteiger charge is -2.27. The summed E-state index contributed by atoms with van der Waals surface area (Å²) in [7, 11) is 0. The van der Waals surface area contributed by atoms with Gasteiger partial charge in [-0.05, 0) is 30.9 Å². The third-order valence-electron chi connectivity index (χ3n) is 4.84. The lowest BCUT2D eigenvalue weighted by atomic mass is 9.87. The number of aromatic nitrogens is 3. The van der Waals surface area contributed by atoms with E-state index in [9.17, 15) is 9.90 Å². The molecule has 1 aliphatic carbocycles. The lowest BCUT2D eigenvalue weighted by Crippen LogP contribution is -2.28. The number of alkyl halides is 6. The molecule has 1 fully saturated rings. The molecule has 1 atom stereocenters. The molecule has 0 bridgehead atoms. The van der Waals surface area contributed by atoms with Gasteiger partial charge in [0.05, 0.1) is 0 Å². The predicted molar refractivity (Wildman–Crippen MR) is 128 cm³/mol. The molecule has 168 valence electrons. The highest BCUT2D eigenvalue weighted by atomic mass is 35.6. The van der Waals surface area contributed by atoms with Gasteiger partial charge in [-0.2, -0.15) is 0 Å². The first-order chi connectivity index (χ1) is 14.4. The molecule has 1 saturated carbocycles. The van der Waals surface area contributed by atoms with Gasteiger partial charge in [-0.25, -0.2) is 15.0 Å². The standard InChI is InChI=1S/C19H17Cl6N3O2S/c20-18(21,22)16-26-14(27-17(28-16)19(23,24)25)11-6-8-12(9-7-11)31-13(15(29)30)10-4-2-1-3-5-10/h6-10,13H,1-5H2,(H,29,30). The van der Waals surface area contributed by atoms with Crippen molar-refractivity contribution in [1.82, 2.24) is 15.0 Å². The quantitative estimate of drug-likeness (QED) is 0.303. The van der Waals surface area contributed by atoms with Crippen LogP contribution in [0.25, 0.3) is 11.4 Å². The molecular formula is C19H17Cl6N3O2S. The van der Waals surface area contributed by atoms with Crippen molar-refractivity contribution in [1.29, 1.82) is 0 Å². The number of carboxylic acids is 1. The third-order valence-corrected chi connectivity index (χ3v) is 7.24. The van der Waals surface area contributed by atoms with Crippen molar-refractivity contribution in [3.05, 3.63) is 35.9 Å². The minimum Gasteiger partial charge on any atom is -0.480 e. The molecule has 0 radical (unpaired) electrons. The molecule has 1 aromatic heterocycles. The highest BCUT2D eigenvalue weighted by molar-refractivity contribution is 8.00. The Balaban J connectivity index is 1.87. The number of nitrogens with zero attached hydrogens (tertiary/aromatic N) is 3. The SMILES string of the molecule is O=C(O)C(Sc1ccc(-c2nc(C(Cl)(Cl)Cl)nc(C(Cl)(Cl)Cl)n2)cc1)C1CCCCC1. The number of benzene rings is 1. The molecule has 1 heterocycles. The fraction of sp³-hybridized carbons (Fsp3) is 0.474. The Morgan fingerprint density at radius 1 is 0.903 bits per heavy atom. The number of rotatable bonds is 5. The van der Waals surface area contributed by atoms with Gasteiger partial charge < -0.3 is 5.11 Å². The van der Waals surface area contributed by atoms with Crippen LogP contribution in [0.15, 0.2) is 29.2 Å². The minimum atomic E-state index is -1.94. The van der Waals surface area contributed by atoms with Crippen LogP contribution in [0.2, 0.25) is 0 Å². The fourth-order valence-electron chi connectivity index (χ4n) is 3.37. The average molecular weight is 564 g/mol. The second kappa shape index (κ2) is 10.4. The number of carbonyl (C=O) groups is 1. The summed E-state index contributed by atoms with van der Waals surface area (Å²) >= 11 is 36.8. The first-order valence-corrected chi connectivity index (χ1v) is 12.5. The van der Waals surface area contributed by atoms with Crippen LogP contribution in [0.1, 0.15) is 43.8 Å². The third kappa shape index (κ3) is 6.89. The number of thioether (sulfide) groups is 1. The lowest BCUT2D eigenvalue weighted by molar-refractivity contribution is -0.137. The van der Waals surface area contributed by atoms with E-state index in [1.807, 2.05) is 0 Å². The first kappa shape index (κ1) is 25.4. The second-order valence-corrected chi connectivity index (χ2v) is 12.9. The second-order valence-electron chi connectivity index (χ2n) is 7.10. The maximum Gasteiger partial charge on any atom is 0.317 e. The van der Waals surface area contributed by atoms with E-state index >= 15 is 0 Å². The molecule has 0 amide bonds. The molecule has 31 heavy (non-hydrogen) atoms. The Morgan fingerprint density at radius 3 is 1.87 bits per heavy atom. The predicted octanol–water partition coefficient (Wildman–Crippen LogP) is 7.32. The first-order valence-electron chi connectivity index (χ1n) is 9.35. The number of carboxylic acid groups (broad SMARTS) is 1. The summed E-state index contributed by atoms with van der Waals surface area (Å²) in [4.78, 5) is 25.0. The summed E-state index contributed by atoms with van der Waals surface area (Å²) in [6.45, 7) is 0. The number of hydrogen-bond acceptors (Lipinski definition) is 5. The normalized spacial score (nSPS) is 16.8. The summed E-state index contributed by atoms with van der Waals surface area (Å²) in [5.74, 6) is -0.816. The van der Waals surface area contributed by atoms with E-state index in [-0.39, 0.29) is 23.4 Å². The Bertz CT molecular complexity index is 895. The molecule has 12 heteroatoms. The van der Waals surface area contributed by atoms with Gasteiger partial charge in [0.25, 0.3) is 0 Å². The summed E-state index contributed by atoms with van der Waals surface area (Å²) in [6.07, 6.45) is 5.19. The zero-order chi connectivity index (χ0) is 22.8. The van der Waals surface area contributed by atoms with Crippen molar-refractivity contribution in [2.24, 2.45) is 5.92 Å². The van der Waals surface area contributed by atoms with E-state index in [0.717, 1.165) is 30.6 Å². The van der Waals surface area contributed by atoms with Crippen LogP contribution < -0.4 is 0 Å². The van der Waals surface area contributed by atoms with Crippen LogP contribution in [-0.2, 0) is 12.4 Å². The Kier molecular flexibility index (Phi) is 8.50. The fourth-order valence-corrected chi connectivity index (χ4v) is 5.03. The van der Waals surface area contributed by atoms with Gasteiger partial charge in [-0.3, -0.25) is 4.79 Å². The molecule has 5 nitrogen and oxygen atoms in total. The average Bonchev–Trinajstić information content (AvgIpc) is 2.71. The number of hydrogen-bond donors (Lipinski definition) is 1. The summed E-state index contributed by atoms with van der Waals surface area (Å²) in [6, 6.07) is 7.07. The van der Waals surface area contributed by atoms with Gasteiger partial charge in [0.1, 0.15) is 5.25 Å². The smallest absolute Gasteiger partial charge is 0.317 e. The Labute approximate surface area is 214 Å². The van der Waals surface area contributed by atoms with Gasteiger partial charge >= 0.3 is 5.97 Å². The maximum atomic E-state index is 11.8. The number of aliphatic carboxylic acids is 1. The van der Waals surface area contributed by atoms with E-state index in [1.165, 1.54) is 18.2 Å². The topological polar surface area (TPSA) is 76.0 Å². The van der Waals surface area contributed by atoms with Crippen LogP contribution in [0.3, 0.4) is 0 Å². The molecule has 0 spiro atoms.